The van der Waals surface area contributed by atoms with E-state index >= 15 is 0 Å². The first-order chi connectivity index (χ1) is 16.5. The summed E-state index contributed by atoms with van der Waals surface area (Å²) >= 11 is 1.43. The predicted molar refractivity (Wildman–Crippen MR) is 130 cm³/mol. The van der Waals surface area contributed by atoms with E-state index in [9.17, 15) is 14.4 Å². The normalized spacial score (nSPS) is 29.1. The van der Waals surface area contributed by atoms with Crippen LogP contribution in [-0.2, 0) is 9.59 Å². The molecule has 3 atom stereocenters. The van der Waals surface area contributed by atoms with Crippen LogP contribution in [0.15, 0.2) is 23.0 Å². The minimum Gasteiger partial charge on any atom is -0.353 e. The van der Waals surface area contributed by atoms with Crippen molar-refractivity contribution in [3.63, 3.8) is 0 Å². The number of rotatable bonds is 5. The van der Waals surface area contributed by atoms with Crippen molar-refractivity contribution in [3.8, 4) is 6.07 Å². The minimum absolute atomic E-state index is 0.0245. The number of aromatic nitrogens is 2. The van der Waals surface area contributed by atoms with Gasteiger partial charge in [-0.3, -0.25) is 19.5 Å². The lowest BCUT2D eigenvalue weighted by Gasteiger charge is -2.39. The monoisotopic (exact) mass is 482 g/mol. The zero-order valence-corrected chi connectivity index (χ0v) is 19.8. The Morgan fingerprint density at radius 2 is 1.94 bits per heavy atom. The number of amides is 2. The van der Waals surface area contributed by atoms with E-state index in [1.807, 2.05) is 6.07 Å². The number of imidazole rings is 1. The highest BCUT2D eigenvalue weighted by Gasteiger charge is 2.37. The largest absolute Gasteiger partial charge is 0.353 e. The predicted octanol–water partition coefficient (Wildman–Crippen LogP) is 2.10. The van der Waals surface area contributed by atoms with E-state index in [-0.39, 0.29) is 47.0 Å². The molecule has 2 amide bonds. The van der Waals surface area contributed by atoms with Crippen molar-refractivity contribution in [3.05, 3.63) is 34.2 Å². The fourth-order valence-corrected chi connectivity index (χ4v) is 6.55. The highest BCUT2D eigenvalue weighted by atomic mass is 32.2. The lowest BCUT2D eigenvalue weighted by Crippen LogP contribution is -2.61. The maximum atomic E-state index is 12.6. The van der Waals surface area contributed by atoms with Gasteiger partial charge in [0.05, 0.1) is 34.3 Å². The molecule has 1 saturated heterocycles. The molecular weight excluding hydrogens is 452 g/mol. The molecule has 3 aliphatic rings. The van der Waals surface area contributed by atoms with Crippen LogP contribution < -0.4 is 21.6 Å². The molecule has 2 heterocycles. The maximum Gasteiger partial charge on any atom is 0.326 e. The smallest absolute Gasteiger partial charge is 0.326 e. The third-order valence-electron chi connectivity index (χ3n) is 7.40. The van der Waals surface area contributed by atoms with Crippen molar-refractivity contribution in [2.45, 2.75) is 75.0 Å². The number of hydrogen-bond donors (Lipinski definition) is 4. The SMILES string of the molecule is N#Cc1ccc2c(c1)[nH]c(=O)n2C1CCC(NC(=O)CSC2NC(=O)C3CCCCC3N2)CC1. The second-order valence-electron chi connectivity index (χ2n) is 9.58. The maximum absolute atomic E-state index is 12.6. The summed E-state index contributed by atoms with van der Waals surface area (Å²) in [5.41, 5.74) is 1.64. The Bertz CT molecular complexity index is 1180. The van der Waals surface area contributed by atoms with E-state index in [1.165, 1.54) is 11.8 Å². The number of nitrogens with zero attached hydrogens (tertiary/aromatic N) is 2. The van der Waals surface area contributed by atoms with Crippen LogP contribution in [0.4, 0.5) is 0 Å². The number of aromatic amines is 1. The van der Waals surface area contributed by atoms with Gasteiger partial charge in [0.25, 0.3) is 0 Å². The lowest BCUT2D eigenvalue weighted by molar-refractivity contribution is -0.129. The molecule has 3 fully saturated rings. The van der Waals surface area contributed by atoms with Crippen molar-refractivity contribution in [1.29, 1.82) is 5.26 Å². The zero-order valence-electron chi connectivity index (χ0n) is 19.0. The van der Waals surface area contributed by atoms with E-state index in [1.54, 1.807) is 16.7 Å². The van der Waals surface area contributed by atoms with Crippen LogP contribution in [0.5, 0.6) is 0 Å². The molecule has 3 unspecified atom stereocenters. The summed E-state index contributed by atoms with van der Waals surface area (Å²) in [7, 11) is 0. The second-order valence-corrected chi connectivity index (χ2v) is 10.7. The third-order valence-corrected chi connectivity index (χ3v) is 8.41. The van der Waals surface area contributed by atoms with Crippen molar-refractivity contribution in [2.24, 2.45) is 5.92 Å². The van der Waals surface area contributed by atoms with Gasteiger partial charge >= 0.3 is 5.69 Å². The first-order valence-electron chi connectivity index (χ1n) is 12.1. The number of nitrogens with one attached hydrogen (secondary N) is 4. The number of nitriles is 1. The number of carbonyl (C=O) groups is 2. The molecule has 180 valence electrons. The number of thioether (sulfide) groups is 1. The average molecular weight is 483 g/mol. The van der Waals surface area contributed by atoms with Crippen LogP contribution >= 0.6 is 11.8 Å². The van der Waals surface area contributed by atoms with E-state index in [0.29, 0.717) is 16.8 Å². The summed E-state index contributed by atoms with van der Waals surface area (Å²) in [6, 6.07) is 7.74. The summed E-state index contributed by atoms with van der Waals surface area (Å²) in [5.74, 6) is 0.436. The highest BCUT2D eigenvalue weighted by Crippen LogP contribution is 2.31. The van der Waals surface area contributed by atoms with Gasteiger partial charge < -0.3 is 15.6 Å². The summed E-state index contributed by atoms with van der Waals surface area (Å²) < 4.78 is 1.79. The van der Waals surface area contributed by atoms with Gasteiger partial charge in [-0.05, 0) is 56.7 Å². The van der Waals surface area contributed by atoms with Crippen molar-refractivity contribution < 1.29 is 9.59 Å². The summed E-state index contributed by atoms with van der Waals surface area (Å²) in [6.45, 7) is 0. The van der Waals surface area contributed by atoms with E-state index in [4.69, 9.17) is 5.26 Å². The van der Waals surface area contributed by atoms with E-state index < -0.39 is 0 Å². The van der Waals surface area contributed by atoms with Gasteiger partial charge in [-0.25, -0.2) is 4.79 Å². The number of fused-ring (bicyclic) bond motifs is 2. The molecular formula is C24H30N6O3S. The summed E-state index contributed by atoms with van der Waals surface area (Å²) in [4.78, 5) is 40.3. The Balaban J connectivity index is 1.11. The second kappa shape index (κ2) is 9.84. The van der Waals surface area contributed by atoms with Crippen LogP contribution in [0, 0.1) is 17.2 Å². The molecule has 2 saturated carbocycles. The zero-order chi connectivity index (χ0) is 23.7. The van der Waals surface area contributed by atoms with Gasteiger partial charge in [0.1, 0.15) is 5.50 Å². The van der Waals surface area contributed by atoms with Crippen LogP contribution in [0.2, 0.25) is 0 Å². The van der Waals surface area contributed by atoms with Crippen LogP contribution in [0.1, 0.15) is 63.0 Å². The fraction of sp³-hybridized carbons (Fsp3) is 0.583. The minimum atomic E-state index is -0.219. The standard InChI is InChI=1S/C24H30N6O3S/c25-12-14-5-10-20-19(11-14)28-24(33)30(20)16-8-6-15(7-9-16)26-21(31)13-34-23-27-18-4-2-1-3-17(18)22(32)29-23/h5,10-11,15-18,23,27H,1-4,6-9,13H2,(H,26,31)(H,28,33)(H,29,32). The van der Waals surface area contributed by atoms with Gasteiger partial charge in [0.2, 0.25) is 11.8 Å². The molecule has 1 aliphatic heterocycles. The Kier molecular flexibility index (Phi) is 6.66. The van der Waals surface area contributed by atoms with Gasteiger partial charge in [0, 0.05) is 18.1 Å². The number of carbonyl (C=O) groups excluding carboxylic acids is 2. The molecule has 0 spiro atoms. The Labute approximate surface area is 202 Å². The van der Waals surface area contributed by atoms with Crippen molar-refractivity contribution >= 4 is 34.6 Å². The first-order valence-corrected chi connectivity index (χ1v) is 13.2. The van der Waals surface area contributed by atoms with Crippen LogP contribution in [0.3, 0.4) is 0 Å². The first kappa shape index (κ1) is 23.0. The molecule has 5 rings (SSSR count). The van der Waals surface area contributed by atoms with Gasteiger partial charge in [0.15, 0.2) is 0 Å². The Morgan fingerprint density at radius 1 is 1.15 bits per heavy atom. The van der Waals surface area contributed by atoms with Gasteiger partial charge in [-0.1, -0.05) is 12.8 Å². The summed E-state index contributed by atoms with van der Waals surface area (Å²) in [6.07, 6.45) is 7.42. The van der Waals surface area contributed by atoms with E-state index in [0.717, 1.165) is 56.9 Å². The fourth-order valence-electron chi connectivity index (χ4n) is 5.68. The number of benzene rings is 1. The molecule has 1 aromatic heterocycles. The molecule has 0 bridgehead atoms. The number of H-pyrrole nitrogens is 1. The summed E-state index contributed by atoms with van der Waals surface area (Å²) in [5, 5.41) is 18.7. The van der Waals surface area contributed by atoms with Crippen molar-refractivity contribution in [2.75, 3.05) is 5.75 Å². The molecule has 0 radical (unpaired) electrons. The highest BCUT2D eigenvalue weighted by molar-refractivity contribution is 8.00. The molecule has 1 aromatic carbocycles. The molecule has 9 nitrogen and oxygen atoms in total. The topological polar surface area (TPSA) is 132 Å². The van der Waals surface area contributed by atoms with Gasteiger partial charge in [-0.2, -0.15) is 5.26 Å². The molecule has 2 aliphatic carbocycles. The molecule has 34 heavy (non-hydrogen) atoms. The number of hydrogen-bond acceptors (Lipinski definition) is 6. The van der Waals surface area contributed by atoms with E-state index in [2.05, 4.69) is 27.0 Å². The molecule has 2 aromatic rings. The molecule has 10 heteroatoms. The Morgan fingerprint density at radius 3 is 2.74 bits per heavy atom. The quantitative estimate of drug-likeness (QED) is 0.516. The Hall–Kier alpha value is -2.77. The van der Waals surface area contributed by atoms with Gasteiger partial charge in [-0.15, -0.1) is 11.8 Å². The third kappa shape index (κ3) is 4.72. The molecule has 4 N–H and O–H groups in total. The van der Waals surface area contributed by atoms with Crippen molar-refractivity contribution in [1.82, 2.24) is 25.5 Å². The lowest BCUT2D eigenvalue weighted by atomic mass is 9.83. The van der Waals surface area contributed by atoms with Crippen LogP contribution in [0.25, 0.3) is 11.0 Å². The average Bonchev–Trinajstić information content (AvgIpc) is 3.18. The van der Waals surface area contributed by atoms with Crippen LogP contribution in [-0.4, -0.2) is 44.7 Å².